The second kappa shape index (κ2) is 38.2. The molecule has 4 aliphatic rings. The topological polar surface area (TPSA) is 199 Å². The third-order valence-electron chi connectivity index (χ3n) is 23.5. The molecule has 758 valence electrons. The Balaban J connectivity index is 1.19. The fraction of sp³-hybridized carbons (Fsp3) is 0.204. The van der Waals surface area contributed by atoms with E-state index in [0.717, 1.165) is 30.3 Å². The van der Waals surface area contributed by atoms with Crippen molar-refractivity contribution in [2.24, 2.45) is 0 Å². The quantitative estimate of drug-likeness (QED) is 0.0228. The van der Waals surface area contributed by atoms with Gasteiger partial charge in [0.15, 0.2) is 163 Å². The van der Waals surface area contributed by atoms with Gasteiger partial charge in [0.25, 0.3) is 0 Å². The predicted molar refractivity (Wildman–Crippen MR) is 505 cm³/mol. The maximum Gasteiger partial charge on any atom is 0.185 e. The van der Waals surface area contributed by atoms with E-state index in [9.17, 15) is 0 Å². The summed E-state index contributed by atoms with van der Waals surface area (Å²) in [6.45, 7) is 17.6. The summed E-state index contributed by atoms with van der Waals surface area (Å²) in [7, 11) is 0. The Morgan fingerprint density at radius 1 is 0.164 bits per heavy atom. The van der Waals surface area contributed by atoms with E-state index < -0.39 is 424 Å². The van der Waals surface area contributed by atoms with Crippen LogP contribution in [-0.2, 0) is 0 Å². The highest BCUT2D eigenvalue weighted by Crippen LogP contribution is 2.53. The Morgan fingerprint density at radius 3 is 0.466 bits per heavy atom. The summed E-state index contributed by atoms with van der Waals surface area (Å²) in [4.78, 5) is 28.4. The average molecular weight is 2050 g/mol. The van der Waals surface area contributed by atoms with Gasteiger partial charge in [-0.2, -0.15) is 0 Å². The van der Waals surface area contributed by atoms with Crippen LogP contribution in [0.4, 0.5) is 163 Å². The molecule has 0 saturated heterocycles. The van der Waals surface area contributed by atoms with E-state index in [2.05, 4.69) is 72.1 Å². The van der Waals surface area contributed by atoms with Crippen LogP contribution in [0.3, 0.4) is 0 Å². The maximum absolute atomic E-state index is 18.9. The number of nitrogens with zero attached hydrogens (tertiary/aromatic N) is 4. The summed E-state index contributed by atoms with van der Waals surface area (Å²) in [6.07, 6.45) is 5.24. The van der Waals surface area contributed by atoms with Gasteiger partial charge in [0, 0.05) is 131 Å². The first-order valence-electron chi connectivity index (χ1n) is 44.6. The number of H-pyrrole nitrogens is 4. The summed E-state index contributed by atoms with van der Waals surface area (Å²) >= 11 is 0. The van der Waals surface area contributed by atoms with Gasteiger partial charge in [-0.15, -0.1) is 0 Å². The highest BCUT2D eigenvalue weighted by Gasteiger charge is 2.41. The monoisotopic (exact) mass is 2050 g/mol. The summed E-state index contributed by atoms with van der Waals surface area (Å²) in [6, 6.07) is -2.62. The van der Waals surface area contributed by atoms with Gasteiger partial charge in [0.05, 0.1) is 90.0 Å². The molecule has 146 heavy (non-hydrogen) atoms. The van der Waals surface area contributed by atoms with Gasteiger partial charge in [-0.25, -0.2) is 143 Å². The fourth-order valence-electron chi connectivity index (χ4n) is 17.7. The zero-order valence-corrected chi connectivity index (χ0v) is 78.1. The zero-order valence-electron chi connectivity index (χ0n) is 78.1. The Bertz CT molecular complexity index is 8050. The van der Waals surface area contributed by atoms with Crippen molar-refractivity contribution >= 4 is 133 Å². The number of rotatable bonds is 22. The Morgan fingerprint density at radius 2 is 0.301 bits per heavy atom. The molecule has 16 bridgehead atoms. The van der Waals surface area contributed by atoms with Crippen molar-refractivity contribution < 1.29 is 123 Å². The van der Waals surface area contributed by atoms with E-state index in [1.165, 1.54) is 96.9 Å². The van der Waals surface area contributed by atoms with Crippen molar-refractivity contribution in [2.45, 2.75) is 139 Å². The lowest BCUT2D eigenvalue weighted by molar-refractivity contribution is 0.461. The molecular weight excluding hydrogens is 1980 g/mol. The highest BCUT2D eigenvalue weighted by atomic mass is 19.2. The zero-order chi connectivity index (χ0) is 106. The summed E-state index contributed by atoms with van der Waals surface area (Å²) in [5, 5.41) is 15.5. The molecule has 4 aliphatic heterocycles. The number of anilines is 7. The van der Waals surface area contributed by atoms with E-state index in [4.69, 9.17) is 4.98 Å². The summed E-state index contributed by atoms with van der Waals surface area (Å²) in [5.74, 6) is -64.9. The number of nitrogens with one attached hydrogen (secondary N) is 11. The first-order valence-corrected chi connectivity index (χ1v) is 44.6. The minimum atomic E-state index is -2.54. The lowest BCUT2D eigenvalue weighted by Gasteiger charge is -2.17. The molecule has 7 aromatic carbocycles. The molecule has 0 radical (unpaired) electrons. The fourth-order valence-corrected chi connectivity index (χ4v) is 17.7. The number of aromatic nitrogens is 8. The van der Waals surface area contributed by atoms with Crippen LogP contribution in [0.15, 0.2) is 42.5 Å². The smallest absolute Gasteiger partial charge is 0.185 e. The first kappa shape index (κ1) is 102. The van der Waals surface area contributed by atoms with Gasteiger partial charge >= 0.3 is 0 Å². The van der Waals surface area contributed by atoms with Crippen molar-refractivity contribution in [1.82, 2.24) is 39.9 Å². The van der Waals surface area contributed by atoms with Gasteiger partial charge in [0.2, 0.25) is 0 Å². The Kier molecular flexibility index (Phi) is 26.6. The molecule has 17 rings (SSSR count). The SMILES string of the molecule is CC(C)Nc1c(F)c(F)c(-c2c3nc(c(-c4c(F)c(F)c(NC(C)C)c(F)c4F)c4ccc([nH]4)c(-c4cc5[nH]c4c(-c4c(F)c(F)c(NC(C)C)c(F)c4F)c4nc(c(-c6c(F)c(F)c(NC(C)C)c(F)c6F)c6ccc([nH]6)c(-c6c(F)c(F)c(NC(C)C)c(F)c6F)c6nc(c5-c5c(F)c(F)c(NC(C)C)c(F)c5F)C=C6)C=C4)c4nc(c(-c5c(F)c(F)c(NC(C)C)c(F)c5F)c5ccc2[nH]5)C=C4)C=C3)c(F)c1F. The van der Waals surface area contributed by atoms with Crippen molar-refractivity contribution in [3.63, 3.8) is 0 Å². The molecule has 6 aromatic heterocycles. The summed E-state index contributed by atoms with van der Waals surface area (Å²) in [5.41, 5.74) is -52.4. The van der Waals surface area contributed by atoms with Crippen LogP contribution >= 0.6 is 0 Å². The van der Waals surface area contributed by atoms with Crippen LogP contribution in [0.2, 0.25) is 0 Å². The molecule has 43 heteroatoms. The Labute approximate surface area is 808 Å². The van der Waals surface area contributed by atoms with Crippen LogP contribution in [0, 0.1) is 163 Å². The van der Waals surface area contributed by atoms with Crippen molar-refractivity contribution in [1.29, 1.82) is 0 Å². The molecule has 0 spiro atoms. The third-order valence-corrected chi connectivity index (χ3v) is 23.5. The molecule has 10 heterocycles. The molecule has 0 amide bonds. The molecule has 0 unspecified atom stereocenters. The molecule has 0 atom stereocenters. The normalized spacial score (nSPS) is 12.5. The van der Waals surface area contributed by atoms with E-state index in [-0.39, 0.29) is 0 Å². The molecule has 0 saturated carbocycles. The van der Waals surface area contributed by atoms with Gasteiger partial charge in [-0.05, 0) is 188 Å². The predicted octanol–water partition coefficient (Wildman–Crippen LogP) is 30.6. The number of benzene rings is 7. The van der Waals surface area contributed by atoms with Crippen LogP contribution in [0.5, 0.6) is 0 Å². The van der Waals surface area contributed by atoms with E-state index in [0.29, 0.717) is 60.7 Å². The molecule has 15 nitrogen and oxygen atoms in total. The molecular formula is C103H75F28N15. The van der Waals surface area contributed by atoms with E-state index in [1.807, 2.05) is 0 Å². The maximum atomic E-state index is 18.9. The van der Waals surface area contributed by atoms with Crippen LogP contribution in [0.25, 0.3) is 182 Å². The van der Waals surface area contributed by atoms with Gasteiger partial charge in [0.1, 0.15) is 39.8 Å². The first-order chi connectivity index (χ1) is 68.9. The second-order valence-corrected chi connectivity index (χ2v) is 36.3. The van der Waals surface area contributed by atoms with Crippen LogP contribution in [0.1, 0.15) is 142 Å². The molecule has 11 N–H and O–H groups in total. The van der Waals surface area contributed by atoms with Gasteiger partial charge in [-0.3, -0.25) is 0 Å². The third kappa shape index (κ3) is 16.9. The number of hydrogen-bond acceptors (Lipinski definition) is 11. The molecule has 0 aliphatic carbocycles. The Hall–Kier alpha value is -15.6. The molecule has 13 aromatic rings. The lowest BCUT2D eigenvalue weighted by Crippen LogP contribution is -2.15. The highest BCUT2D eigenvalue weighted by molar-refractivity contribution is 6.10. The molecule has 0 fully saturated rings. The largest absolute Gasteiger partial charge is 0.378 e. The van der Waals surface area contributed by atoms with Crippen molar-refractivity contribution in [2.75, 3.05) is 37.2 Å². The minimum Gasteiger partial charge on any atom is -0.378 e. The van der Waals surface area contributed by atoms with E-state index in [1.54, 1.807) is 0 Å². The van der Waals surface area contributed by atoms with E-state index >= 15 is 123 Å². The van der Waals surface area contributed by atoms with Gasteiger partial charge in [-0.1, -0.05) is 0 Å². The van der Waals surface area contributed by atoms with Crippen molar-refractivity contribution in [3.05, 3.63) is 251 Å². The number of halogens is 28. The number of hydrogen-bond donors (Lipinski definition) is 11. The second-order valence-electron chi connectivity index (χ2n) is 36.3. The van der Waals surface area contributed by atoms with Crippen LogP contribution < -0.4 is 37.2 Å². The van der Waals surface area contributed by atoms with Crippen molar-refractivity contribution in [3.8, 4) is 89.0 Å². The number of fused-ring (bicyclic) bond motifs is 16. The number of aromatic amines is 4. The average Bonchev–Trinajstić information content (AvgIpc) is 1.57. The van der Waals surface area contributed by atoms with Crippen LogP contribution in [-0.4, -0.2) is 82.2 Å². The summed E-state index contributed by atoms with van der Waals surface area (Å²) < 4.78 is 496. The standard InChI is InChI=1S/C103H75F28N15/c1-30(2)132-97-82(118)68(104)61(69(105)83(97)119)54-40-17-15-38(139-40)53(39-16-18-41(140-39)55(62-70(106)84(120)98(133-31(3)4)85(121)71(62)107)43-20-22-45(142-43)56(44-21-19-42(54)141-44)63-72(108)86(122)99(134-32(5)6)87(123)73(63)109)37-29-52-59(66-78(114)92(128)102(137-35(11)12)93(129)79(66)115)50-26-25-48(144-50)57(64-74(110)88(124)100(135-33(7)8)89(125)75(64)111)46-23-24-47(143-46)58(65-76(112)90(126)101(136-34(9)10)91(127)77(65)113)49-27-28-51(145-49)60(96(37)146-52)67-80(116)94(130)103(138-36(13)14)95(131)81(67)117/h15-36,132-139,142-143,146H,1-14H3. The minimum absolute atomic E-state index is 0.516. The van der Waals surface area contributed by atoms with Gasteiger partial charge < -0.3 is 57.2 Å². The lowest BCUT2D eigenvalue weighted by atomic mass is 9.96.